The van der Waals surface area contributed by atoms with E-state index in [1.165, 1.54) is 29.2 Å². The van der Waals surface area contributed by atoms with Gasteiger partial charge in [0.2, 0.25) is 5.88 Å². The molecule has 0 aliphatic carbocycles. The number of carbonyl (C=O) groups is 1. The van der Waals surface area contributed by atoms with Crippen LogP contribution in [0.2, 0.25) is 20.1 Å². The van der Waals surface area contributed by atoms with Crippen LogP contribution in [0.5, 0.6) is 5.88 Å². The minimum absolute atomic E-state index is 0.221. The number of imidazole rings is 1. The van der Waals surface area contributed by atoms with Crippen LogP contribution in [-0.4, -0.2) is 26.3 Å². The predicted molar refractivity (Wildman–Crippen MR) is 117 cm³/mol. The lowest BCUT2D eigenvalue weighted by molar-refractivity contribution is 0.245. The lowest BCUT2D eigenvalue weighted by atomic mass is 10.2. The average molecular weight is 475 g/mol. The zero-order chi connectivity index (χ0) is 21.5. The van der Waals surface area contributed by atoms with Gasteiger partial charge in [-0.05, 0) is 50.2 Å². The van der Waals surface area contributed by atoms with Crippen molar-refractivity contribution in [3.05, 3.63) is 73.2 Å². The van der Waals surface area contributed by atoms with Crippen LogP contribution in [0.3, 0.4) is 0 Å². The summed E-state index contributed by atoms with van der Waals surface area (Å²) in [5.74, 6) is -0.450. The Balaban J connectivity index is 2.12. The van der Waals surface area contributed by atoms with Crippen molar-refractivity contribution in [2.45, 2.75) is 19.9 Å². The van der Waals surface area contributed by atoms with Crippen LogP contribution in [0.4, 0.5) is 10.5 Å². The highest BCUT2D eigenvalue weighted by molar-refractivity contribution is 6.35. The van der Waals surface area contributed by atoms with Crippen molar-refractivity contribution in [1.82, 2.24) is 9.13 Å². The fourth-order valence-corrected chi connectivity index (χ4v) is 3.94. The summed E-state index contributed by atoms with van der Waals surface area (Å²) in [4.78, 5) is 27.5. The molecular formula is C19H15Cl4N3O3. The molecular weight excluding hydrogens is 460 g/mol. The lowest BCUT2D eigenvalue weighted by Crippen LogP contribution is -2.43. The number of aromatic hydroxyl groups is 1. The number of amides is 1. The normalized spacial score (nSPS) is 11.1. The van der Waals surface area contributed by atoms with Crippen molar-refractivity contribution in [1.29, 1.82) is 0 Å². The number of anilines is 1. The van der Waals surface area contributed by atoms with Gasteiger partial charge in [0.1, 0.15) is 0 Å². The second-order valence-corrected chi connectivity index (χ2v) is 8.22. The molecule has 0 aliphatic rings. The van der Waals surface area contributed by atoms with Gasteiger partial charge in [0, 0.05) is 31.8 Å². The van der Waals surface area contributed by atoms with Gasteiger partial charge >= 0.3 is 11.7 Å². The molecule has 0 radical (unpaired) electrons. The van der Waals surface area contributed by atoms with Crippen LogP contribution in [-0.2, 0) is 0 Å². The van der Waals surface area contributed by atoms with Crippen molar-refractivity contribution in [3.63, 3.8) is 0 Å². The molecule has 0 spiro atoms. The molecule has 0 unspecified atom stereocenters. The molecule has 0 saturated heterocycles. The SMILES string of the molecule is CC(C)N(C(=O)n1cc(O)n(-c2cc(Cl)cc(Cl)c2)c1=O)c1cc(Cl)cc(Cl)c1. The number of carbonyl (C=O) groups excluding carboxylic acids is 1. The van der Waals surface area contributed by atoms with Gasteiger partial charge in [0.05, 0.1) is 11.9 Å². The Morgan fingerprint density at radius 3 is 1.90 bits per heavy atom. The molecule has 1 N–H and O–H groups in total. The Morgan fingerprint density at radius 1 is 0.931 bits per heavy atom. The van der Waals surface area contributed by atoms with Crippen LogP contribution in [0, 0.1) is 0 Å². The molecule has 152 valence electrons. The maximum atomic E-state index is 13.2. The Hall–Kier alpha value is -2.12. The van der Waals surface area contributed by atoms with E-state index in [-0.39, 0.29) is 21.8 Å². The molecule has 6 nitrogen and oxygen atoms in total. The van der Waals surface area contributed by atoms with Gasteiger partial charge in [-0.2, -0.15) is 0 Å². The fourth-order valence-electron chi connectivity index (χ4n) is 2.91. The highest BCUT2D eigenvalue weighted by atomic mass is 35.5. The standard InChI is InChI=1S/C19H15Cl4N3O3/c1-10(2)25(15-5-11(20)3-12(21)6-15)18(28)24-9-17(27)26(19(24)29)16-7-13(22)4-14(23)8-16/h3-10,27H,1-2H3. The first-order chi connectivity index (χ1) is 13.6. The average Bonchev–Trinajstić information content (AvgIpc) is 2.87. The Bertz CT molecular complexity index is 1110. The van der Waals surface area contributed by atoms with E-state index in [1.807, 2.05) is 0 Å². The summed E-state index contributed by atoms with van der Waals surface area (Å²) in [6, 6.07) is 8.00. The van der Waals surface area contributed by atoms with E-state index in [4.69, 9.17) is 46.4 Å². The largest absolute Gasteiger partial charge is 0.493 e. The smallest absolute Gasteiger partial charge is 0.344 e. The number of hydrogen-bond acceptors (Lipinski definition) is 3. The number of benzene rings is 2. The minimum atomic E-state index is -0.787. The van der Waals surface area contributed by atoms with Gasteiger partial charge in [0.25, 0.3) is 0 Å². The first kappa shape index (κ1) is 21.6. The van der Waals surface area contributed by atoms with E-state index in [0.717, 1.165) is 15.3 Å². The van der Waals surface area contributed by atoms with Gasteiger partial charge in [-0.15, -0.1) is 0 Å². The maximum Gasteiger partial charge on any atom is 0.344 e. The van der Waals surface area contributed by atoms with E-state index < -0.39 is 17.6 Å². The molecule has 0 atom stereocenters. The number of halogens is 4. The summed E-state index contributed by atoms with van der Waals surface area (Å²) in [7, 11) is 0. The van der Waals surface area contributed by atoms with Crippen LogP contribution >= 0.6 is 46.4 Å². The summed E-state index contributed by atoms with van der Waals surface area (Å²) in [6.45, 7) is 3.54. The number of rotatable bonds is 3. The van der Waals surface area contributed by atoms with E-state index in [1.54, 1.807) is 26.0 Å². The topological polar surface area (TPSA) is 67.5 Å². The third-order valence-electron chi connectivity index (χ3n) is 4.03. The van der Waals surface area contributed by atoms with Gasteiger partial charge < -0.3 is 5.11 Å². The van der Waals surface area contributed by atoms with Crippen molar-refractivity contribution in [2.75, 3.05) is 4.90 Å². The number of nitrogens with zero attached hydrogens (tertiary/aromatic N) is 3. The molecule has 29 heavy (non-hydrogen) atoms. The highest BCUT2D eigenvalue weighted by Crippen LogP contribution is 2.28. The van der Waals surface area contributed by atoms with Crippen LogP contribution < -0.4 is 10.6 Å². The lowest BCUT2D eigenvalue weighted by Gasteiger charge is -2.26. The van der Waals surface area contributed by atoms with Gasteiger partial charge in [0.15, 0.2) is 0 Å². The van der Waals surface area contributed by atoms with Crippen LogP contribution in [0.1, 0.15) is 13.8 Å². The molecule has 0 fully saturated rings. The van der Waals surface area contributed by atoms with Crippen molar-refractivity contribution in [2.24, 2.45) is 0 Å². The molecule has 0 saturated carbocycles. The zero-order valence-corrected chi connectivity index (χ0v) is 18.3. The first-order valence-electron chi connectivity index (χ1n) is 8.38. The van der Waals surface area contributed by atoms with E-state index in [2.05, 4.69) is 0 Å². The number of aromatic nitrogens is 2. The van der Waals surface area contributed by atoms with Crippen molar-refractivity contribution < 1.29 is 9.90 Å². The fraction of sp³-hybridized carbons (Fsp3) is 0.158. The molecule has 1 amide bonds. The van der Waals surface area contributed by atoms with Crippen molar-refractivity contribution >= 4 is 58.1 Å². The Morgan fingerprint density at radius 2 is 1.41 bits per heavy atom. The third-order valence-corrected chi connectivity index (χ3v) is 4.90. The Labute approximate surface area is 186 Å². The summed E-state index contributed by atoms with van der Waals surface area (Å²) in [5, 5.41) is 11.5. The molecule has 10 heteroatoms. The monoisotopic (exact) mass is 473 g/mol. The molecule has 3 aromatic rings. The van der Waals surface area contributed by atoms with Crippen LogP contribution in [0.15, 0.2) is 47.4 Å². The van der Waals surface area contributed by atoms with Gasteiger partial charge in [-0.3, -0.25) is 4.90 Å². The second kappa shape index (κ2) is 8.32. The molecule has 3 rings (SSSR count). The quantitative estimate of drug-likeness (QED) is 0.518. The summed E-state index contributed by atoms with van der Waals surface area (Å²) in [5.41, 5.74) is -0.157. The van der Waals surface area contributed by atoms with E-state index >= 15 is 0 Å². The second-order valence-electron chi connectivity index (χ2n) is 6.48. The highest BCUT2D eigenvalue weighted by Gasteiger charge is 2.26. The van der Waals surface area contributed by atoms with E-state index in [9.17, 15) is 14.7 Å². The summed E-state index contributed by atoms with van der Waals surface area (Å²) >= 11 is 24.1. The van der Waals surface area contributed by atoms with Crippen LogP contribution in [0.25, 0.3) is 5.69 Å². The van der Waals surface area contributed by atoms with Crippen molar-refractivity contribution in [3.8, 4) is 11.6 Å². The molecule has 0 bridgehead atoms. The first-order valence-corrected chi connectivity index (χ1v) is 9.89. The minimum Gasteiger partial charge on any atom is -0.493 e. The maximum absolute atomic E-state index is 13.2. The van der Waals surface area contributed by atoms with Gasteiger partial charge in [-0.25, -0.2) is 18.7 Å². The third kappa shape index (κ3) is 4.41. The molecule has 1 aromatic heterocycles. The predicted octanol–water partition coefficient (Wildman–Crippen LogP) is 5.84. The molecule has 2 aromatic carbocycles. The zero-order valence-electron chi connectivity index (χ0n) is 15.2. The number of hydrogen-bond donors (Lipinski definition) is 1. The molecule has 0 aliphatic heterocycles. The summed E-state index contributed by atoms with van der Waals surface area (Å²) < 4.78 is 1.72. The Kier molecular flexibility index (Phi) is 6.19. The summed E-state index contributed by atoms with van der Waals surface area (Å²) in [6.07, 6.45) is 1.03. The van der Waals surface area contributed by atoms with E-state index in [0.29, 0.717) is 15.7 Å². The van der Waals surface area contributed by atoms with Gasteiger partial charge in [-0.1, -0.05) is 46.4 Å². The molecule has 1 heterocycles.